The van der Waals surface area contributed by atoms with Gasteiger partial charge in [0.1, 0.15) is 0 Å². The largest absolute Gasteiger partial charge is 0.325 e. The quantitative estimate of drug-likeness (QED) is 0.424. The number of anilines is 1. The highest BCUT2D eigenvalue weighted by molar-refractivity contribution is 8.00. The third-order valence-electron chi connectivity index (χ3n) is 5.77. The van der Waals surface area contributed by atoms with E-state index < -0.39 is 0 Å². The lowest BCUT2D eigenvalue weighted by molar-refractivity contribution is -0.115. The molecule has 170 valence electrons. The number of hydrogen-bond donors (Lipinski definition) is 1. The highest BCUT2D eigenvalue weighted by atomic mass is 32.2. The van der Waals surface area contributed by atoms with Gasteiger partial charge in [0.25, 0.3) is 0 Å². The molecule has 1 N–H and O–H groups in total. The van der Waals surface area contributed by atoms with E-state index in [1.165, 1.54) is 17.3 Å². The van der Waals surface area contributed by atoms with Gasteiger partial charge in [-0.1, -0.05) is 36.9 Å². The minimum Gasteiger partial charge on any atom is -0.325 e. The summed E-state index contributed by atoms with van der Waals surface area (Å²) in [5.41, 5.74) is 5.92. The summed E-state index contributed by atoms with van der Waals surface area (Å²) >= 11 is 1.31. The van der Waals surface area contributed by atoms with Crippen LogP contribution in [-0.2, 0) is 4.79 Å². The molecule has 4 rings (SSSR count). The molecular weight excluding hydrogens is 434 g/mol. The molecule has 8 heteroatoms. The summed E-state index contributed by atoms with van der Waals surface area (Å²) in [5, 5.41) is 11.5. The van der Waals surface area contributed by atoms with Gasteiger partial charge in [-0.2, -0.15) is 0 Å². The Labute approximate surface area is 196 Å². The molecule has 0 aliphatic carbocycles. The molecule has 33 heavy (non-hydrogen) atoms. The Kier molecular flexibility index (Phi) is 6.37. The number of benzene rings is 2. The van der Waals surface area contributed by atoms with Crippen molar-refractivity contribution in [2.45, 2.75) is 51.4 Å². The monoisotopic (exact) mass is 461 g/mol. The van der Waals surface area contributed by atoms with Gasteiger partial charge in [0.2, 0.25) is 11.6 Å². The van der Waals surface area contributed by atoms with Crippen LogP contribution in [0.4, 0.5) is 5.69 Å². The van der Waals surface area contributed by atoms with Crippen LogP contribution in [0.3, 0.4) is 0 Å². The van der Waals surface area contributed by atoms with Gasteiger partial charge in [-0.3, -0.25) is 18.6 Å². The first-order chi connectivity index (χ1) is 15.8. The Morgan fingerprint density at radius 2 is 1.76 bits per heavy atom. The molecule has 0 bridgehead atoms. The summed E-state index contributed by atoms with van der Waals surface area (Å²) in [7, 11) is 0. The molecule has 0 aliphatic heterocycles. The van der Waals surface area contributed by atoms with Gasteiger partial charge in [0.15, 0.2) is 5.16 Å². The lowest BCUT2D eigenvalue weighted by Gasteiger charge is -2.15. The molecule has 0 radical (unpaired) electrons. The third kappa shape index (κ3) is 4.57. The van der Waals surface area contributed by atoms with E-state index in [9.17, 15) is 9.59 Å². The summed E-state index contributed by atoms with van der Waals surface area (Å²) in [4.78, 5) is 26.1. The van der Waals surface area contributed by atoms with Crippen molar-refractivity contribution >= 4 is 29.0 Å². The van der Waals surface area contributed by atoms with Crippen molar-refractivity contribution in [2.24, 2.45) is 0 Å². The van der Waals surface area contributed by atoms with Crippen molar-refractivity contribution in [2.75, 3.05) is 5.32 Å². The summed E-state index contributed by atoms with van der Waals surface area (Å²) in [6.45, 7) is 9.97. The van der Waals surface area contributed by atoms with Crippen LogP contribution in [0, 0.1) is 27.7 Å². The number of aromatic nitrogens is 4. The van der Waals surface area contributed by atoms with Gasteiger partial charge in [0, 0.05) is 23.8 Å². The summed E-state index contributed by atoms with van der Waals surface area (Å²) < 4.78 is 3.22. The second kappa shape index (κ2) is 9.23. The standard InChI is InChI=1S/C25H27N5O2S/c1-6-21(23(31)26-20-13-15(2)7-8-17(20)4)33-25-28-27-22-24(32)29(11-12-30(22)25)19-10-9-16(3)18(5)14-19/h7-14,21H,6H2,1-5H3,(H,26,31). The van der Waals surface area contributed by atoms with E-state index in [2.05, 4.69) is 15.5 Å². The Hall–Kier alpha value is -3.39. The minimum atomic E-state index is -0.375. The molecule has 1 atom stereocenters. The zero-order valence-corrected chi connectivity index (χ0v) is 20.2. The predicted octanol–water partition coefficient (Wildman–Crippen LogP) is 4.62. The van der Waals surface area contributed by atoms with E-state index in [0.717, 1.165) is 28.1 Å². The van der Waals surface area contributed by atoms with Crippen LogP contribution >= 0.6 is 11.8 Å². The van der Waals surface area contributed by atoms with Gasteiger partial charge in [-0.25, -0.2) is 0 Å². The van der Waals surface area contributed by atoms with Gasteiger partial charge in [0.05, 0.1) is 5.25 Å². The molecule has 0 fully saturated rings. The highest BCUT2D eigenvalue weighted by Gasteiger charge is 2.22. The fraction of sp³-hybridized carbons (Fsp3) is 0.280. The number of carbonyl (C=O) groups excluding carboxylic acids is 1. The topological polar surface area (TPSA) is 81.3 Å². The highest BCUT2D eigenvalue weighted by Crippen LogP contribution is 2.26. The fourth-order valence-electron chi connectivity index (χ4n) is 3.56. The molecule has 2 heterocycles. The SMILES string of the molecule is CCC(Sc1nnc2c(=O)n(-c3ccc(C)c(C)c3)ccn12)C(=O)Nc1cc(C)ccc1C. The van der Waals surface area contributed by atoms with Gasteiger partial charge in [-0.05, 0) is 74.6 Å². The van der Waals surface area contributed by atoms with Crippen molar-refractivity contribution in [3.8, 4) is 5.69 Å². The molecule has 2 aromatic carbocycles. The van der Waals surface area contributed by atoms with Crippen LogP contribution in [-0.4, -0.2) is 30.3 Å². The average molecular weight is 462 g/mol. The Morgan fingerprint density at radius 3 is 2.48 bits per heavy atom. The number of amides is 1. The summed E-state index contributed by atoms with van der Waals surface area (Å²) in [6.07, 6.45) is 4.09. The molecule has 0 saturated heterocycles. The Balaban J connectivity index is 1.61. The molecular formula is C25H27N5O2S. The number of thioether (sulfide) groups is 1. The normalized spacial score (nSPS) is 12.2. The van der Waals surface area contributed by atoms with E-state index in [1.54, 1.807) is 21.4 Å². The summed E-state index contributed by atoms with van der Waals surface area (Å²) in [5.74, 6) is -0.101. The zero-order chi connectivity index (χ0) is 23.7. The number of carbonyl (C=O) groups is 1. The number of nitrogens with one attached hydrogen (secondary N) is 1. The maximum Gasteiger partial charge on any atom is 0.300 e. The Morgan fingerprint density at radius 1 is 1.00 bits per heavy atom. The van der Waals surface area contributed by atoms with Gasteiger partial charge >= 0.3 is 5.56 Å². The number of rotatable bonds is 6. The molecule has 2 aromatic heterocycles. The fourth-order valence-corrected chi connectivity index (χ4v) is 4.49. The zero-order valence-electron chi connectivity index (χ0n) is 19.4. The number of aryl methyl sites for hydroxylation is 4. The van der Waals surface area contributed by atoms with Crippen molar-refractivity contribution in [1.29, 1.82) is 0 Å². The second-order valence-corrected chi connectivity index (χ2v) is 9.41. The van der Waals surface area contributed by atoms with Crippen LogP contribution < -0.4 is 10.9 Å². The lowest BCUT2D eigenvalue weighted by Crippen LogP contribution is -2.25. The second-order valence-electron chi connectivity index (χ2n) is 8.24. The molecule has 1 unspecified atom stereocenters. The van der Waals surface area contributed by atoms with Crippen molar-refractivity contribution in [3.63, 3.8) is 0 Å². The van der Waals surface area contributed by atoms with E-state index in [4.69, 9.17) is 0 Å². The molecule has 0 spiro atoms. The maximum atomic E-state index is 13.1. The molecule has 0 saturated carbocycles. The lowest BCUT2D eigenvalue weighted by atomic mass is 10.1. The summed E-state index contributed by atoms with van der Waals surface area (Å²) in [6, 6.07) is 11.9. The molecule has 7 nitrogen and oxygen atoms in total. The van der Waals surface area contributed by atoms with E-state index in [-0.39, 0.29) is 22.4 Å². The first kappa shape index (κ1) is 22.8. The van der Waals surface area contributed by atoms with Gasteiger partial charge < -0.3 is 5.32 Å². The first-order valence-electron chi connectivity index (χ1n) is 10.9. The van der Waals surface area contributed by atoms with Crippen LogP contribution in [0.5, 0.6) is 0 Å². The molecule has 4 aromatic rings. The van der Waals surface area contributed by atoms with Crippen molar-refractivity contribution in [3.05, 3.63) is 81.4 Å². The van der Waals surface area contributed by atoms with Crippen LogP contribution in [0.15, 0.2) is 58.7 Å². The smallest absolute Gasteiger partial charge is 0.300 e. The van der Waals surface area contributed by atoms with E-state index in [0.29, 0.717) is 11.6 Å². The van der Waals surface area contributed by atoms with Crippen LogP contribution in [0.2, 0.25) is 0 Å². The van der Waals surface area contributed by atoms with Crippen LogP contribution in [0.25, 0.3) is 11.3 Å². The van der Waals surface area contributed by atoms with Gasteiger partial charge in [-0.15, -0.1) is 10.2 Å². The van der Waals surface area contributed by atoms with E-state index >= 15 is 0 Å². The number of fused-ring (bicyclic) bond motifs is 1. The first-order valence-corrected chi connectivity index (χ1v) is 11.7. The molecule has 1 amide bonds. The maximum absolute atomic E-state index is 13.1. The van der Waals surface area contributed by atoms with E-state index in [1.807, 2.05) is 71.0 Å². The average Bonchev–Trinajstić information content (AvgIpc) is 3.20. The minimum absolute atomic E-state index is 0.101. The van der Waals surface area contributed by atoms with Crippen molar-refractivity contribution in [1.82, 2.24) is 19.2 Å². The van der Waals surface area contributed by atoms with Crippen LogP contribution in [0.1, 0.15) is 35.6 Å². The van der Waals surface area contributed by atoms with Crippen molar-refractivity contribution < 1.29 is 4.79 Å². The number of hydrogen-bond acceptors (Lipinski definition) is 5. The predicted molar refractivity (Wildman–Crippen MR) is 133 cm³/mol. The third-order valence-corrected chi connectivity index (χ3v) is 7.09. The number of nitrogens with zero attached hydrogens (tertiary/aromatic N) is 4. The Bertz CT molecular complexity index is 1410. The molecule has 0 aliphatic rings.